The fraction of sp³-hybridized carbons (Fsp3) is 0.423. The molecule has 35 heavy (non-hydrogen) atoms. The van der Waals surface area contributed by atoms with Crippen molar-refractivity contribution in [2.24, 2.45) is 21.6 Å². The molecule has 1 atom stereocenters. The molecule has 4 rings (SSSR count). The number of nitrogens with zero attached hydrogens (tertiary/aromatic N) is 3. The number of hydrogen-bond donors (Lipinski definition) is 1. The van der Waals surface area contributed by atoms with E-state index in [-0.39, 0.29) is 17.2 Å². The second kappa shape index (κ2) is 9.70. The van der Waals surface area contributed by atoms with Crippen molar-refractivity contribution in [3.8, 4) is 22.9 Å². The van der Waals surface area contributed by atoms with E-state index in [0.29, 0.717) is 42.8 Å². The van der Waals surface area contributed by atoms with Gasteiger partial charge in [-0.25, -0.2) is 9.38 Å². The van der Waals surface area contributed by atoms with Gasteiger partial charge in [-0.2, -0.15) is 14.0 Å². The highest BCUT2D eigenvalue weighted by Gasteiger charge is 2.46. The number of rotatable bonds is 6. The Balaban J connectivity index is 1.79. The Morgan fingerprint density at radius 1 is 1.09 bits per heavy atom. The summed E-state index contributed by atoms with van der Waals surface area (Å²) in [5.41, 5.74) is 8.81. The summed E-state index contributed by atoms with van der Waals surface area (Å²) in [7, 11) is 1.35. The fourth-order valence-electron chi connectivity index (χ4n) is 5.06. The molecule has 2 N–H and O–H groups in total. The molecule has 9 heteroatoms. The average Bonchev–Trinajstić information content (AvgIpc) is 3.14. The Hall–Kier alpha value is -3.38. The number of aryl methyl sites for hydroxylation is 1. The van der Waals surface area contributed by atoms with Crippen molar-refractivity contribution in [2.75, 3.05) is 7.11 Å². The molecule has 0 radical (unpaired) electrons. The summed E-state index contributed by atoms with van der Waals surface area (Å²) in [4.78, 5) is 9.74. The molecule has 1 aliphatic carbocycles. The van der Waals surface area contributed by atoms with Crippen molar-refractivity contribution in [1.82, 2.24) is 0 Å². The Morgan fingerprint density at radius 3 is 2.37 bits per heavy atom. The van der Waals surface area contributed by atoms with E-state index in [0.717, 1.165) is 16.7 Å². The summed E-state index contributed by atoms with van der Waals surface area (Å²) in [6, 6.07) is 10.6. The van der Waals surface area contributed by atoms with Crippen LogP contribution < -0.4 is 10.5 Å². The molecule has 6 nitrogen and oxygen atoms in total. The first-order valence-electron chi connectivity index (χ1n) is 11.4. The minimum absolute atomic E-state index is 0.0229. The third-order valence-electron chi connectivity index (χ3n) is 6.89. The van der Waals surface area contributed by atoms with Gasteiger partial charge in [0, 0.05) is 11.5 Å². The van der Waals surface area contributed by atoms with Crippen LogP contribution in [0.15, 0.2) is 40.3 Å². The highest BCUT2D eigenvalue weighted by Crippen LogP contribution is 2.48. The zero-order valence-electron chi connectivity index (χ0n) is 19.8. The summed E-state index contributed by atoms with van der Waals surface area (Å²) in [5, 5.41) is 9.37. The van der Waals surface area contributed by atoms with Gasteiger partial charge in [-0.3, -0.25) is 4.99 Å². The van der Waals surface area contributed by atoms with Crippen LogP contribution in [0.25, 0.3) is 11.1 Å². The number of aliphatic imine (C=N–C) groups is 2. The van der Waals surface area contributed by atoms with E-state index < -0.39 is 24.2 Å². The van der Waals surface area contributed by atoms with Crippen LogP contribution in [0.4, 0.5) is 13.2 Å². The first-order valence-corrected chi connectivity index (χ1v) is 11.4. The van der Waals surface area contributed by atoms with Crippen LogP contribution in [0.5, 0.6) is 5.75 Å². The quantitative estimate of drug-likeness (QED) is 0.589. The zero-order valence-corrected chi connectivity index (χ0v) is 19.8. The summed E-state index contributed by atoms with van der Waals surface area (Å²) >= 11 is 0. The Morgan fingerprint density at radius 2 is 1.80 bits per heavy atom. The lowest BCUT2D eigenvalue weighted by Crippen LogP contribution is -2.36. The maximum Gasteiger partial charge on any atom is 0.345 e. The molecule has 2 aliphatic rings. The van der Waals surface area contributed by atoms with Gasteiger partial charge in [0.05, 0.1) is 24.5 Å². The maximum absolute atomic E-state index is 14.4. The van der Waals surface area contributed by atoms with Crippen molar-refractivity contribution in [1.29, 1.82) is 5.26 Å². The molecule has 1 aliphatic heterocycles. The second-order valence-corrected chi connectivity index (χ2v) is 8.97. The van der Waals surface area contributed by atoms with E-state index in [1.54, 1.807) is 13.0 Å². The standard InChI is InChI=1S/C26H27F3N4O2/c1-14-4-5-16(17-10-18(13-30)23(27)22(12-17)34-3)11-21(14)26(32-15(2)24(31)33-26)19-6-8-20(9-7-19)35-25(28)29/h4-5,10-12,19-20,25H,6-9H2,1-3H3,(H2,31,33). The van der Waals surface area contributed by atoms with E-state index in [2.05, 4.69) is 0 Å². The lowest BCUT2D eigenvalue weighted by molar-refractivity contribution is -0.172. The predicted octanol–water partition coefficient (Wildman–Crippen LogP) is 5.46. The van der Waals surface area contributed by atoms with Crippen molar-refractivity contribution in [2.45, 2.75) is 57.9 Å². The number of nitriles is 1. The van der Waals surface area contributed by atoms with E-state index in [4.69, 9.17) is 25.2 Å². The normalized spacial score (nSPS) is 24.2. The highest BCUT2D eigenvalue weighted by molar-refractivity contribution is 6.41. The van der Waals surface area contributed by atoms with Gasteiger partial charge >= 0.3 is 6.61 Å². The molecule has 0 amide bonds. The third kappa shape index (κ3) is 4.63. The predicted molar refractivity (Wildman–Crippen MR) is 127 cm³/mol. The summed E-state index contributed by atoms with van der Waals surface area (Å²) in [5.74, 6) is -0.456. The second-order valence-electron chi connectivity index (χ2n) is 8.97. The van der Waals surface area contributed by atoms with Crippen LogP contribution in [0.3, 0.4) is 0 Å². The van der Waals surface area contributed by atoms with Gasteiger partial charge in [0.1, 0.15) is 11.9 Å². The van der Waals surface area contributed by atoms with E-state index in [1.807, 2.05) is 31.2 Å². The first-order chi connectivity index (χ1) is 16.7. The SMILES string of the molecule is COc1cc(-c2ccc(C)c(C3(C4CCC(OC(F)F)CC4)N=C(C)C(N)=N3)c2)cc(C#N)c1F. The van der Waals surface area contributed by atoms with Crippen LogP contribution >= 0.6 is 0 Å². The van der Waals surface area contributed by atoms with Gasteiger partial charge in [-0.1, -0.05) is 12.1 Å². The van der Waals surface area contributed by atoms with Gasteiger partial charge in [-0.15, -0.1) is 0 Å². The number of methoxy groups -OCH3 is 1. The summed E-state index contributed by atoms with van der Waals surface area (Å²) < 4.78 is 49.7. The van der Waals surface area contributed by atoms with Crippen molar-refractivity contribution in [3.63, 3.8) is 0 Å². The minimum Gasteiger partial charge on any atom is -0.494 e. The number of alkyl halides is 2. The van der Waals surface area contributed by atoms with Crippen molar-refractivity contribution < 1.29 is 22.6 Å². The van der Waals surface area contributed by atoms with Crippen LogP contribution in [-0.4, -0.2) is 31.4 Å². The number of hydrogen-bond acceptors (Lipinski definition) is 6. The molecule has 0 saturated heterocycles. The summed E-state index contributed by atoms with van der Waals surface area (Å²) in [6.07, 6.45) is 1.63. The number of benzene rings is 2. The number of amidine groups is 1. The van der Waals surface area contributed by atoms with E-state index >= 15 is 0 Å². The molecule has 1 fully saturated rings. The Labute approximate surface area is 202 Å². The molecule has 0 aromatic heterocycles. The van der Waals surface area contributed by atoms with Gasteiger partial charge < -0.3 is 15.2 Å². The van der Waals surface area contributed by atoms with Crippen LogP contribution in [0.2, 0.25) is 0 Å². The Bertz CT molecular complexity index is 1210. The molecular formula is C26H27F3N4O2. The minimum atomic E-state index is -2.80. The van der Waals surface area contributed by atoms with Crippen LogP contribution in [0, 0.1) is 30.0 Å². The van der Waals surface area contributed by atoms with Gasteiger partial charge in [-0.05, 0) is 74.4 Å². The molecule has 0 bridgehead atoms. The van der Waals surface area contributed by atoms with Crippen LogP contribution in [0.1, 0.15) is 49.3 Å². The van der Waals surface area contributed by atoms with E-state index in [1.165, 1.54) is 13.2 Å². The van der Waals surface area contributed by atoms with Gasteiger partial charge in [0.15, 0.2) is 17.2 Å². The molecule has 2 aromatic rings. The largest absolute Gasteiger partial charge is 0.494 e. The number of ether oxygens (including phenoxy) is 2. The maximum atomic E-state index is 14.4. The first kappa shape index (κ1) is 24.7. The van der Waals surface area contributed by atoms with Gasteiger partial charge in [0.25, 0.3) is 0 Å². The number of halogens is 3. The molecule has 1 heterocycles. The average molecular weight is 485 g/mol. The third-order valence-corrected chi connectivity index (χ3v) is 6.89. The smallest absolute Gasteiger partial charge is 0.345 e. The molecule has 1 saturated carbocycles. The number of nitrogens with two attached hydrogens (primary N) is 1. The molecule has 1 unspecified atom stereocenters. The van der Waals surface area contributed by atoms with Crippen molar-refractivity contribution in [3.05, 3.63) is 52.8 Å². The van der Waals surface area contributed by atoms with E-state index in [9.17, 15) is 18.4 Å². The zero-order chi connectivity index (χ0) is 25.3. The fourth-order valence-corrected chi connectivity index (χ4v) is 5.06. The molecular weight excluding hydrogens is 457 g/mol. The Kier molecular flexibility index (Phi) is 6.86. The molecule has 0 spiro atoms. The summed E-state index contributed by atoms with van der Waals surface area (Å²) in [6.45, 7) is 0.957. The molecule has 2 aromatic carbocycles. The topological polar surface area (TPSA) is 93.0 Å². The lowest BCUT2D eigenvalue weighted by Gasteiger charge is -2.38. The van der Waals surface area contributed by atoms with Gasteiger partial charge in [0.2, 0.25) is 0 Å². The highest BCUT2D eigenvalue weighted by atomic mass is 19.3. The molecule has 184 valence electrons. The lowest BCUT2D eigenvalue weighted by atomic mass is 9.74. The van der Waals surface area contributed by atoms with Crippen molar-refractivity contribution >= 4 is 11.5 Å². The van der Waals surface area contributed by atoms with Crippen LogP contribution in [-0.2, 0) is 10.4 Å². The monoisotopic (exact) mass is 484 g/mol.